The number of halogens is 1. The fourth-order valence-electron chi connectivity index (χ4n) is 2.80. The molecule has 1 aliphatic carbocycles. The summed E-state index contributed by atoms with van der Waals surface area (Å²) < 4.78 is 0. The Morgan fingerprint density at radius 2 is 2.14 bits per heavy atom. The van der Waals surface area contributed by atoms with Crippen LogP contribution < -0.4 is 5.32 Å². The molecule has 0 spiro atoms. The molecule has 1 atom stereocenters. The van der Waals surface area contributed by atoms with Crippen LogP contribution in [0.15, 0.2) is 18.2 Å². The highest BCUT2D eigenvalue weighted by molar-refractivity contribution is 6.32. The highest BCUT2D eigenvalue weighted by atomic mass is 35.5. The van der Waals surface area contributed by atoms with Crippen LogP contribution in [0.5, 0.6) is 0 Å². The van der Waals surface area contributed by atoms with E-state index in [1.807, 2.05) is 0 Å². The van der Waals surface area contributed by atoms with Crippen molar-refractivity contribution in [1.29, 1.82) is 0 Å². The smallest absolute Gasteiger partial charge is 0.288 e. The van der Waals surface area contributed by atoms with Gasteiger partial charge in [0.2, 0.25) is 0 Å². The van der Waals surface area contributed by atoms with Crippen LogP contribution in [0.3, 0.4) is 0 Å². The third-order valence-corrected chi connectivity index (χ3v) is 4.54. The van der Waals surface area contributed by atoms with Gasteiger partial charge in [0.1, 0.15) is 5.02 Å². The van der Waals surface area contributed by atoms with Crippen LogP contribution in [0.25, 0.3) is 0 Å². The SMILES string of the molecule is CC1(C)CCCCC1NC(=O)c1ccc(Cl)c([N+](=O)[O-])c1. The van der Waals surface area contributed by atoms with E-state index in [-0.39, 0.29) is 33.6 Å². The van der Waals surface area contributed by atoms with Crippen molar-refractivity contribution in [2.45, 2.75) is 45.6 Å². The predicted molar refractivity (Wildman–Crippen MR) is 81.6 cm³/mol. The lowest BCUT2D eigenvalue weighted by atomic mass is 9.73. The standard InChI is InChI=1S/C15H19ClN2O3/c1-15(2)8-4-3-5-13(15)17-14(19)10-6-7-11(16)12(9-10)18(20)21/h6-7,9,13H,3-5,8H2,1-2H3,(H,17,19). The molecule has 2 rings (SSSR count). The minimum absolute atomic E-state index is 0.0366. The maximum absolute atomic E-state index is 12.3. The van der Waals surface area contributed by atoms with Crippen molar-refractivity contribution in [1.82, 2.24) is 5.32 Å². The minimum Gasteiger partial charge on any atom is -0.349 e. The molecule has 1 fully saturated rings. The van der Waals surface area contributed by atoms with Crippen molar-refractivity contribution < 1.29 is 9.72 Å². The van der Waals surface area contributed by atoms with Gasteiger partial charge in [0, 0.05) is 17.7 Å². The van der Waals surface area contributed by atoms with Gasteiger partial charge in [0.05, 0.1) is 4.92 Å². The quantitative estimate of drug-likeness (QED) is 0.678. The summed E-state index contributed by atoms with van der Waals surface area (Å²) in [4.78, 5) is 22.6. The number of carbonyl (C=O) groups is 1. The monoisotopic (exact) mass is 310 g/mol. The summed E-state index contributed by atoms with van der Waals surface area (Å²) in [6, 6.07) is 4.22. The summed E-state index contributed by atoms with van der Waals surface area (Å²) >= 11 is 5.76. The molecule has 1 amide bonds. The first kappa shape index (κ1) is 15.8. The third-order valence-electron chi connectivity index (χ3n) is 4.22. The zero-order chi connectivity index (χ0) is 15.6. The van der Waals surface area contributed by atoms with Gasteiger partial charge in [-0.1, -0.05) is 38.3 Å². The van der Waals surface area contributed by atoms with Crippen molar-refractivity contribution in [3.8, 4) is 0 Å². The molecule has 0 aromatic heterocycles. The van der Waals surface area contributed by atoms with Gasteiger partial charge in [0.25, 0.3) is 11.6 Å². The van der Waals surface area contributed by atoms with E-state index in [1.54, 1.807) is 0 Å². The lowest BCUT2D eigenvalue weighted by Gasteiger charge is -2.39. The van der Waals surface area contributed by atoms with E-state index in [4.69, 9.17) is 11.6 Å². The Kier molecular flexibility index (Phi) is 4.52. The van der Waals surface area contributed by atoms with Gasteiger partial charge in [-0.3, -0.25) is 14.9 Å². The van der Waals surface area contributed by atoms with Gasteiger partial charge in [-0.05, 0) is 30.4 Å². The molecule has 1 aliphatic rings. The highest BCUT2D eigenvalue weighted by Crippen LogP contribution is 2.35. The molecule has 0 heterocycles. The maximum atomic E-state index is 12.3. The molecule has 21 heavy (non-hydrogen) atoms. The molecule has 1 aromatic rings. The van der Waals surface area contributed by atoms with Crippen LogP contribution in [0.1, 0.15) is 49.9 Å². The van der Waals surface area contributed by atoms with Crippen LogP contribution >= 0.6 is 11.6 Å². The van der Waals surface area contributed by atoms with E-state index in [1.165, 1.54) is 24.6 Å². The van der Waals surface area contributed by atoms with Gasteiger partial charge in [0.15, 0.2) is 0 Å². The summed E-state index contributed by atoms with van der Waals surface area (Å²) in [6.07, 6.45) is 4.27. The minimum atomic E-state index is -0.580. The Labute approximate surface area is 128 Å². The number of carbonyl (C=O) groups excluding carboxylic acids is 1. The molecule has 5 nitrogen and oxygen atoms in total. The molecular weight excluding hydrogens is 292 g/mol. The average Bonchev–Trinajstić information content (AvgIpc) is 2.41. The number of amides is 1. The number of nitro groups is 1. The second-order valence-corrected chi connectivity index (χ2v) is 6.59. The Morgan fingerprint density at radius 1 is 1.43 bits per heavy atom. The van der Waals surface area contributed by atoms with Crippen molar-refractivity contribution in [2.75, 3.05) is 0 Å². The molecule has 1 N–H and O–H groups in total. The molecule has 1 aromatic carbocycles. The normalized spacial score (nSPS) is 20.8. The average molecular weight is 311 g/mol. The number of hydrogen-bond donors (Lipinski definition) is 1. The molecule has 0 radical (unpaired) electrons. The number of hydrogen-bond acceptors (Lipinski definition) is 3. The first-order chi connectivity index (χ1) is 9.81. The number of nitrogens with zero attached hydrogens (tertiary/aromatic N) is 1. The molecule has 0 aliphatic heterocycles. The number of nitro benzene ring substituents is 1. The van der Waals surface area contributed by atoms with E-state index in [9.17, 15) is 14.9 Å². The van der Waals surface area contributed by atoms with E-state index in [0.717, 1.165) is 19.3 Å². The van der Waals surface area contributed by atoms with Gasteiger partial charge < -0.3 is 5.32 Å². The van der Waals surface area contributed by atoms with Crippen LogP contribution in [-0.2, 0) is 0 Å². The molecular formula is C15H19ClN2O3. The number of benzene rings is 1. The van der Waals surface area contributed by atoms with Crippen LogP contribution in [0.4, 0.5) is 5.69 Å². The van der Waals surface area contributed by atoms with Gasteiger partial charge in [-0.25, -0.2) is 0 Å². The Balaban J connectivity index is 2.17. The lowest BCUT2D eigenvalue weighted by Crippen LogP contribution is -2.46. The van der Waals surface area contributed by atoms with Crippen LogP contribution in [-0.4, -0.2) is 16.9 Å². The van der Waals surface area contributed by atoms with Gasteiger partial charge in [-0.2, -0.15) is 0 Å². The Bertz CT molecular complexity index is 572. The second-order valence-electron chi connectivity index (χ2n) is 6.18. The summed E-state index contributed by atoms with van der Waals surface area (Å²) in [6.45, 7) is 4.28. The van der Waals surface area contributed by atoms with E-state index >= 15 is 0 Å². The summed E-state index contributed by atoms with van der Waals surface area (Å²) in [5.74, 6) is -0.283. The molecule has 1 saturated carbocycles. The summed E-state index contributed by atoms with van der Waals surface area (Å²) in [5.41, 5.74) is 0.0754. The third kappa shape index (κ3) is 3.53. The van der Waals surface area contributed by atoms with Crippen molar-refractivity contribution in [3.05, 3.63) is 38.9 Å². The zero-order valence-electron chi connectivity index (χ0n) is 12.2. The topological polar surface area (TPSA) is 72.2 Å². The Hall–Kier alpha value is -1.62. The second kappa shape index (κ2) is 6.02. The van der Waals surface area contributed by atoms with Crippen molar-refractivity contribution in [3.63, 3.8) is 0 Å². The predicted octanol–water partition coefficient (Wildman–Crippen LogP) is 3.95. The molecule has 1 unspecified atom stereocenters. The molecule has 0 bridgehead atoms. The van der Waals surface area contributed by atoms with Crippen molar-refractivity contribution in [2.24, 2.45) is 5.41 Å². The van der Waals surface area contributed by atoms with Crippen LogP contribution in [0.2, 0.25) is 5.02 Å². The van der Waals surface area contributed by atoms with E-state index in [0.29, 0.717) is 0 Å². The molecule has 6 heteroatoms. The van der Waals surface area contributed by atoms with E-state index in [2.05, 4.69) is 19.2 Å². The first-order valence-corrected chi connectivity index (χ1v) is 7.44. The fraction of sp³-hybridized carbons (Fsp3) is 0.533. The zero-order valence-corrected chi connectivity index (χ0v) is 12.9. The highest BCUT2D eigenvalue weighted by Gasteiger charge is 2.33. The first-order valence-electron chi connectivity index (χ1n) is 7.06. The summed E-state index contributed by atoms with van der Waals surface area (Å²) in [5, 5.41) is 13.9. The number of rotatable bonds is 3. The van der Waals surface area contributed by atoms with E-state index < -0.39 is 4.92 Å². The van der Waals surface area contributed by atoms with Crippen LogP contribution in [0, 0.1) is 15.5 Å². The van der Waals surface area contributed by atoms with Gasteiger partial charge in [-0.15, -0.1) is 0 Å². The van der Waals surface area contributed by atoms with Gasteiger partial charge >= 0.3 is 0 Å². The Morgan fingerprint density at radius 3 is 2.76 bits per heavy atom. The maximum Gasteiger partial charge on any atom is 0.288 e. The lowest BCUT2D eigenvalue weighted by molar-refractivity contribution is -0.384. The van der Waals surface area contributed by atoms with Crippen molar-refractivity contribution >= 4 is 23.2 Å². The molecule has 114 valence electrons. The molecule has 0 saturated heterocycles. The summed E-state index contributed by atoms with van der Waals surface area (Å²) in [7, 11) is 0. The largest absolute Gasteiger partial charge is 0.349 e. The fourth-order valence-corrected chi connectivity index (χ4v) is 2.98. The number of nitrogens with one attached hydrogen (secondary N) is 1.